The minimum Gasteiger partial charge on any atom is -0.462 e. The molecule has 0 radical (unpaired) electrons. The molecule has 0 bridgehead atoms. The van der Waals surface area contributed by atoms with Gasteiger partial charge < -0.3 is 14.6 Å². The number of carbonyl (C=O) groups is 2. The zero-order valence-electron chi connectivity index (χ0n) is 16.7. The summed E-state index contributed by atoms with van der Waals surface area (Å²) in [5.74, 6) is 0.220. The van der Waals surface area contributed by atoms with Crippen molar-refractivity contribution < 1.29 is 19.4 Å². The van der Waals surface area contributed by atoms with Crippen LogP contribution in [0, 0.1) is 22.7 Å². The second kappa shape index (κ2) is 8.08. The monoisotopic (exact) mass is 362 g/mol. The molecule has 2 saturated carbocycles. The van der Waals surface area contributed by atoms with Crippen LogP contribution in [0.5, 0.6) is 0 Å². The highest BCUT2D eigenvalue weighted by molar-refractivity contribution is 5.68. The number of rotatable bonds is 6. The second-order valence-corrected chi connectivity index (χ2v) is 8.70. The largest absolute Gasteiger partial charge is 0.462 e. The molecule has 5 atom stereocenters. The number of aliphatic hydroxyl groups is 1. The van der Waals surface area contributed by atoms with E-state index in [1.54, 1.807) is 0 Å². The third kappa shape index (κ3) is 3.80. The molecule has 0 aromatic rings. The molecule has 1 N–H and O–H groups in total. The Hall–Kier alpha value is -1.42. The van der Waals surface area contributed by atoms with Crippen LogP contribution < -0.4 is 0 Å². The zero-order valence-corrected chi connectivity index (χ0v) is 16.7. The summed E-state index contributed by atoms with van der Waals surface area (Å²) in [5.41, 5.74) is 1.81. The van der Waals surface area contributed by atoms with Crippen molar-refractivity contribution >= 4 is 12.3 Å². The van der Waals surface area contributed by atoms with E-state index in [0.29, 0.717) is 5.92 Å². The van der Waals surface area contributed by atoms with Gasteiger partial charge in [-0.2, -0.15) is 0 Å². The lowest BCUT2D eigenvalue weighted by Gasteiger charge is -2.59. The van der Waals surface area contributed by atoms with E-state index < -0.39 is 5.41 Å². The molecule has 4 heteroatoms. The van der Waals surface area contributed by atoms with Crippen LogP contribution in [0.3, 0.4) is 0 Å². The van der Waals surface area contributed by atoms with E-state index in [2.05, 4.69) is 20.4 Å². The van der Waals surface area contributed by atoms with Gasteiger partial charge in [0.05, 0.1) is 12.0 Å². The van der Waals surface area contributed by atoms with Gasteiger partial charge >= 0.3 is 5.97 Å². The highest BCUT2D eigenvalue weighted by Gasteiger charge is 2.59. The molecule has 0 heterocycles. The van der Waals surface area contributed by atoms with Crippen LogP contribution in [0.2, 0.25) is 0 Å². The molecule has 0 unspecified atom stereocenters. The average Bonchev–Trinajstić information content (AvgIpc) is 2.57. The third-order valence-corrected chi connectivity index (χ3v) is 7.06. The van der Waals surface area contributed by atoms with Gasteiger partial charge in [0.1, 0.15) is 12.4 Å². The zero-order chi connectivity index (χ0) is 19.5. The van der Waals surface area contributed by atoms with Crippen LogP contribution in [0.4, 0.5) is 0 Å². The Kier molecular flexibility index (Phi) is 6.49. The summed E-state index contributed by atoms with van der Waals surface area (Å²) in [4.78, 5) is 23.7. The number of allylic oxidation sites excluding steroid dienone is 2. The van der Waals surface area contributed by atoms with Gasteiger partial charge in [-0.1, -0.05) is 30.7 Å². The maximum absolute atomic E-state index is 12.2. The molecule has 2 fully saturated rings. The fourth-order valence-electron chi connectivity index (χ4n) is 5.60. The first-order chi connectivity index (χ1) is 12.2. The quantitative estimate of drug-likeness (QED) is 0.436. The molecular formula is C22H34O4. The van der Waals surface area contributed by atoms with Crippen molar-refractivity contribution in [3.63, 3.8) is 0 Å². The van der Waals surface area contributed by atoms with E-state index in [4.69, 9.17) is 9.84 Å². The van der Waals surface area contributed by atoms with Crippen molar-refractivity contribution in [2.45, 2.75) is 72.3 Å². The maximum Gasteiger partial charge on any atom is 0.302 e. The lowest BCUT2D eigenvalue weighted by Crippen LogP contribution is -2.57. The minimum absolute atomic E-state index is 0.0128. The predicted octanol–water partition coefficient (Wildman–Crippen LogP) is 4.22. The van der Waals surface area contributed by atoms with Gasteiger partial charge in [-0.15, -0.1) is 0 Å². The van der Waals surface area contributed by atoms with Gasteiger partial charge in [0.15, 0.2) is 0 Å². The van der Waals surface area contributed by atoms with Crippen molar-refractivity contribution in [1.29, 1.82) is 0 Å². The smallest absolute Gasteiger partial charge is 0.302 e. The van der Waals surface area contributed by atoms with Crippen LogP contribution in [0.15, 0.2) is 23.8 Å². The number of hydrogen-bond acceptors (Lipinski definition) is 4. The summed E-state index contributed by atoms with van der Waals surface area (Å²) < 4.78 is 5.55. The van der Waals surface area contributed by atoms with E-state index in [1.807, 2.05) is 13.0 Å². The molecule has 0 saturated heterocycles. The van der Waals surface area contributed by atoms with Gasteiger partial charge in [0.2, 0.25) is 0 Å². The van der Waals surface area contributed by atoms with Crippen molar-refractivity contribution in [2.75, 3.05) is 6.61 Å². The molecule has 4 nitrogen and oxygen atoms in total. The van der Waals surface area contributed by atoms with Crippen LogP contribution >= 0.6 is 0 Å². The molecule has 26 heavy (non-hydrogen) atoms. The normalized spacial score (nSPS) is 37.8. The van der Waals surface area contributed by atoms with Crippen LogP contribution in [-0.2, 0) is 14.3 Å². The molecule has 0 aromatic heterocycles. The van der Waals surface area contributed by atoms with Gasteiger partial charge in [0.25, 0.3) is 0 Å². The lowest BCUT2D eigenvalue weighted by molar-refractivity contribution is -0.177. The lowest BCUT2D eigenvalue weighted by atomic mass is 9.46. The average molecular weight is 363 g/mol. The fourth-order valence-corrected chi connectivity index (χ4v) is 5.60. The highest BCUT2D eigenvalue weighted by Crippen LogP contribution is 2.61. The Morgan fingerprint density at radius 2 is 2.04 bits per heavy atom. The van der Waals surface area contributed by atoms with Crippen molar-refractivity contribution in [2.24, 2.45) is 22.7 Å². The number of hydrogen-bond donors (Lipinski definition) is 1. The van der Waals surface area contributed by atoms with Crippen LogP contribution in [0.1, 0.15) is 66.2 Å². The Labute approximate surface area is 157 Å². The number of ether oxygens (including phenoxy) is 1. The number of esters is 1. The minimum atomic E-state index is -0.645. The first-order valence-corrected chi connectivity index (χ1v) is 9.76. The first kappa shape index (κ1) is 20.9. The van der Waals surface area contributed by atoms with Crippen LogP contribution in [0.25, 0.3) is 0 Å². The molecule has 0 aromatic carbocycles. The summed E-state index contributed by atoms with van der Waals surface area (Å²) in [7, 11) is 0. The van der Waals surface area contributed by atoms with Crippen molar-refractivity contribution in [3.05, 3.63) is 23.8 Å². The Morgan fingerprint density at radius 1 is 1.35 bits per heavy atom. The van der Waals surface area contributed by atoms with Crippen LogP contribution in [-0.4, -0.2) is 30.1 Å². The molecule has 146 valence electrons. The first-order valence-electron chi connectivity index (χ1n) is 9.76. The van der Waals surface area contributed by atoms with Gasteiger partial charge in [-0.3, -0.25) is 4.79 Å². The van der Waals surface area contributed by atoms with Crippen molar-refractivity contribution in [3.8, 4) is 0 Å². The van der Waals surface area contributed by atoms with Crippen molar-refractivity contribution in [1.82, 2.24) is 0 Å². The van der Waals surface area contributed by atoms with E-state index in [9.17, 15) is 9.59 Å². The molecule has 0 spiro atoms. The van der Waals surface area contributed by atoms with Gasteiger partial charge in [0, 0.05) is 6.92 Å². The van der Waals surface area contributed by atoms with E-state index in [-0.39, 0.29) is 30.0 Å². The summed E-state index contributed by atoms with van der Waals surface area (Å²) in [6.45, 7) is 12.2. The number of aldehydes is 1. The third-order valence-electron chi connectivity index (χ3n) is 7.06. The van der Waals surface area contributed by atoms with Gasteiger partial charge in [-0.05, 0) is 69.6 Å². The second-order valence-electron chi connectivity index (χ2n) is 8.70. The van der Waals surface area contributed by atoms with E-state index in [1.165, 1.54) is 18.1 Å². The maximum atomic E-state index is 12.2. The number of fused-ring (bicyclic) bond motifs is 1. The summed E-state index contributed by atoms with van der Waals surface area (Å²) in [6, 6.07) is 0. The topological polar surface area (TPSA) is 63.6 Å². The molecular weight excluding hydrogens is 328 g/mol. The van der Waals surface area contributed by atoms with E-state index >= 15 is 0 Å². The Morgan fingerprint density at radius 3 is 2.62 bits per heavy atom. The summed E-state index contributed by atoms with van der Waals surface area (Å²) in [6.07, 6.45) is 7.97. The Bertz CT molecular complexity index is 593. The molecule has 2 rings (SSSR count). The fraction of sp³-hybridized carbons (Fsp3) is 0.727. The summed E-state index contributed by atoms with van der Waals surface area (Å²) >= 11 is 0. The molecule has 0 aliphatic heterocycles. The molecule has 0 amide bonds. The SMILES string of the molecule is C=C1CC[C@H]2[C@@](C)(C=O)[C@H](OC(C)=O)CC[C@]2(C)[C@H]1CC/C(C)=C/CO. The van der Waals surface area contributed by atoms with Gasteiger partial charge in [-0.25, -0.2) is 0 Å². The summed E-state index contributed by atoms with van der Waals surface area (Å²) in [5, 5.41) is 9.09. The Balaban J connectivity index is 2.29. The number of aliphatic hydroxyl groups excluding tert-OH is 1. The molecule has 2 aliphatic carbocycles. The van der Waals surface area contributed by atoms with E-state index in [0.717, 1.165) is 44.8 Å². The number of carbonyl (C=O) groups excluding carboxylic acids is 2. The standard InChI is InChI=1S/C22H34O4/c1-15(11-13-23)6-8-18-16(2)7-9-19-21(18,4)12-10-20(26-17(3)25)22(19,5)14-24/h11,14,18-20,23H,2,6-10,12-13H2,1,3-5H3/b15-11+/t18-,19+,20+,21+,22+/m0/s1. The molecule has 2 aliphatic rings. The predicted molar refractivity (Wildman–Crippen MR) is 102 cm³/mol. The highest BCUT2D eigenvalue weighted by atomic mass is 16.5.